The van der Waals surface area contributed by atoms with Crippen LogP contribution in [0.1, 0.15) is 37.4 Å². The molecule has 0 spiro atoms. The molecule has 0 aromatic carbocycles. The van der Waals surface area contributed by atoms with Crippen LogP contribution in [-0.4, -0.2) is 18.6 Å². The number of aromatic nitrogens is 1. The fraction of sp³-hybridized carbons (Fsp3) is 0.750. The maximum atomic E-state index is 4.78. The number of likely N-dealkylation sites (N-methyl/N-ethyl adjacent to an activating group) is 1. The third-order valence-electron chi connectivity index (χ3n) is 3.05. The van der Waals surface area contributed by atoms with Crippen LogP contribution in [0.25, 0.3) is 0 Å². The lowest BCUT2D eigenvalue weighted by Crippen LogP contribution is -2.23. The summed E-state index contributed by atoms with van der Waals surface area (Å²) in [5.74, 6) is 0.712. The molecule has 3 heteroatoms. The summed E-state index contributed by atoms with van der Waals surface area (Å²) in [6, 6.07) is 0. The van der Waals surface area contributed by atoms with Gasteiger partial charge in [-0.15, -0.1) is 11.3 Å². The summed E-state index contributed by atoms with van der Waals surface area (Å²) in [6.45, 7) is 5.58. The highest BCUT2D eigenvalue weighted by Crippen LogP contribution is 2.47. The van der Waals surface area contributed by atoms with Crippen LogP contribution < -0.4 is 5.32 Å². The summed E-state index contributed by atoms with van der Waals surface area (Å²) in [6.07, 6.45) is 3.73. The first kappa shape index (κ1) is 11.1. The van der Waals surface area contributed by atoms with Gasteiger partial charge in [0.25, 0.3) is 0 Å². The largest absolute Gasteiger partial charge is 0.319 e. The van der Waals surface area contributed by atoms with Crippen molar-refractivity contribution < 1.29 is 0 Å². The average Bonchev–Trinajstić information content (AvgIpc) is 2.79. The van der Waals surface area contributed by atoms with E-state index in [0.717, 1.165) is 13.0 Å². The van der Waals surface area contributed by atoms with E-state index >= 15 is 0 Å². The maximum absolute atomic E-state index is 4.78. The predicted octanol–water partition coefficient (Wildman–Crippen LogP) is 2.59. The van der Waals surface area contributed by atoms with E-state index in [-0.39, 0.29) is 0 Å². The van der Waals surface area contributed by atoms with E-state index in [2.05, 4.69) is 24.5 Å². The van der Waals surface area contributed by atoms with Crippen LogP contribution in [0.3, 0.4) is 0 Å². The standard InChI is InChI=1S/C12H20N2S/c1-9(2)6-11-14-10(7-15-11)12(4-5-12)8-13-3/h7,9,13H,4-6,8H2,1-3H3. The van der Waals surface area contributed by atoms with Crippen molar-refractivity contribution in [2.75, 3.05) is 13.6 Å². The highest BCUT2D eigenvalue weighted by atomic mass is 32.1. The van der Waals surface area contributed by atoms with E-state index in [4.69, 9.17) is 4.98 Å². The number of thiazole rings is 1. The minimum Gasteiger partial charge on any atom is -0.319 e. The highest BCUT2D eigenvalue weighted by molar-refractivity contribution is 7.09. The smallest absolute Gasteiger partial charge is 0.0931 e. The SMILES string of the molecule is CNCC1(c2csc(CC(C)C)n2)CC1. The van der Waals surface area contributed by atoms with E-state index in [0.29, 0.717) is 11.3 Å². The normalized spacial score (nSPS) is 18.4. The van der Waals surface area contributed by atoms with Crippen molar-refractivity contribution in [2.45, 2.75) is 38.5 Å². The van der Waals surface area contributed by atoms with E-state index < -0.39 is 0 Å². The van der Waals surface area contributed by atoms with Crippen LogP contribution in [0.15, 0.2) is 5.38 Å². The monoisotopic (exact) mass is 224 g/mol. The van der Waals surface area contributed by atoms with Gasteiger partial charge in [-0.25, -0.2) is 4.98 Å². The van der Waals surface area contributed by atoms with Crippen molar-refractivity contribution in [1.82, 2.24) is 10.3 Å². The summed E-state index contributed by atoms with van der Waals surface area (Å²) in [4.78, 5) is 4.78. The molecule has 1 N–H and O–H groups in total. The Bertz CT molecular complexity index is 326. The Morgan fingerprint density at radius 2 is 2.27 bits per heavy atom. The first-order chi connectivity index (χ1) is 7.16. The molecule has 1 fully saturated rings. The molecule has 1 aliphatic carbocycles. The lowest BCUT2D eigenvalue weighted by Gasteiger charge is -2.10. The minimum absolute atomic E-state index is 0.389. The van der Waals surface area contributed by atoms with Crippen LogP contribution in [0.2, 0.25) is 0 Å². The van der Waals surface area contributed by atoms with Gasteiger partial charge < -0.3 is 5.32 Å². The van der Waals surface area contributed by atoms with Crippen LogP contribution >= 0.6 is 11.3 Å². The van der Waals surface area contributed by atoms with E-state index in [1.807, 2.05) is 18.4 Å². The third kappa shape index (κ3) is 2.40. The molecule has 1 heterocycles. The van der Waals surface area contributed by atoms with E-state index in [1.165, 1.54) is 23.5 Å². The lowest BCUT2D eigenvalue weighted by molar-refractivity contribution is 0.600. The number of nitrogens with one attached hydrogen (secondary N) is 1. The molecule has 0 amide bonds. The summed E-state index contributed by atoms with van der Waals surface area (Å²) < 4.78 is 0. The molecule has 0 atom stereocenters. The van der Waals surface area contributed by atoms with Crippen LogP contribution in [-0.2, 0) is 11.8 Å². The molecule has 2 nitrogen and oxygen atoms in total. The third-order valence-corrected chi connectivity index (χ3v) is 3.92. The first-order valence-corrected chi connectivity index (χ1v) is 6.64. The zero-order valence-electron chi connectivity index (χ0n) is 9.84. The summed E-state index contributed by atoms with van der Waals surface area (Å²) in [7, 11) is 2.03. The van der Waals surface area contributed by atoms with E-state index in [9.17, 15) is 0 Å². The van der Waals surface area contributed by atoms with Gasteiger partial charge in [-0.05, 0) is 25.8 Å². The molecule has 0 aliphatic heterocycles. The van der Waals surface area contributed by atoms with Gasteiger partial charge in [-0.2, -0.15) is 0 Å². The molecule has 0 radical (unpaired) electrons. The number of nitrogens with zero attached hydrogens (tertiary/aromatic N) is 1. The molecule has 15 heavy (non-hydrogen) atoms. The summed E-state index contributed by atoms with van der Waals surface area (Å²) >= 11 is 1.83. The van der Waals surface area contributed by atoms with Crippen molar-refractivity contribution in [3.8, 4) is 0 Å². The van der Waals surface area contributed by atoms with Gasteiger partial charge in [0.1, 0.15) is 0 Å². The molecule has 1 saturated carbocycles. The summed E-state index contributed by atoms with van der Waals surface area (Å²) in [5.41, 5.74) is 1.72. The highest BCUT2D eigenvalue weighted by Gasteiger charge is 2.45. The Labute approximate surface area is 96.1 Å². The van der Waals surface area contributed by atoms with Gasteiger partial charge >= 0.3 is 0 Å². The van der Waals surface area contributed by atoms with Crippen LogP contribution in [0.4, 0.5) is 0 Å². The van der Waals surface area contributed by atoms with Crippen molar-refractivity contribution in [1.29, 1.82) is 0 Å². The van der Waals surface area contributed by atoms with Gasteiger partial charge in [-0.3, -0.25) is 0 Å². The van der Waals surface area contributed by atoms with Gasteiger partial charge in [-0.1, -0.05) is 13.8 Å². The molecule has 2 rings (SSSR count). The summed E-state index contributed by atoms with van der Waals surface area (Å²) in [5, 5.41) is 6.86. The fourth-order valence-corrected chi connectivity index (χ4v) is 3.14. The van der Waals surface area contributed by atoms with Gasteiger partial charge in [0, 0.05) is 23.8 Å². The fourth-order valence-electron chi connectivity index (χ4n) is 2.01. The second-order valence-electron chi connectivity index (χ2n) is 5.04. The Morgan fingerprint density at radius 3 is 2.80 bits per heavy atom. The molecular formula is C12H20N2S. The Morgan fingerprint density at radius 1 is 1.53 bits per heavy atom. The zero-order valence-corrected chi connectivity index (χ0v) is 10.7. The number of rotatable bonds is 5. The van der Waals surface area contributed by atoms with Gasteiger partial charge in [0.15, 0.2) is 0 Å². The molecule has 0 saturated heterocycles. The second kappa shape index (κ2) is 4.22. The van der Waals surface area contributed by atoms with Crippen molar-refractivity contribution in [3.63, 3.8) is 0 Å². The molecule has 84 valence electrons. The molecule has 1 aromatic heterocycles. The average molecular weight is 224 g/mol. The van der Waals surface area contributed by atoms with Gasteiger partial charge in [0.2, 0.25) is 0 Å². The topological polar surface area (TPSA) is 24.9 Å². The molecular weight excluding hydrogens is 204 g/mol. The van der Waals surface area contributed by atoms with Crippen LogP contribution in [0.5, 0.6) is 0 Å². The van der Waals surface area contributed by atoms with Crippen molar-refractivity contribution >= 4 is 11.3 Å². The maximum Gasteiger partial charge on any atom is 0.0931 e. The number of hydrogen-bond acceptors (Lipinski definition) is 3. The molecule has 1 aromatic rings. The first-order valence-electron chi connectivity index (χ1n) is 5.76. The Kier molecular flexibility index (Phi) is 3.12. The van der Waals surface area contributed by atoms with Crippen molar-refractivity contribution in [3.05, 3.63) is 16.1 Å². The zero-order chi connectivity index (χ0) is 10.9. The molecule has 0 unspecified atom stereocenters. The number of hydrogen-bond donors (Lipinski definition) is 1. The minimum atomic E-state index is 0.389. The van der Waals surface area contributed by atoms with Gasteiger partial charge in [0.05, 0.1) is 10.7 Å². The molecule has 0 bridgehead atoms. The van der Waals surface area contributed by atoms with Crippen molar-refractivity contribution in [2.24, 2.45) is 5.92 Å². The second-order valence-corrected chi connectivity index (χ2v) is 5.98. The quantitative estimate of drug-likeness (QED) is 0.831. The predicted molar refractivity (Wildman–Crippen MR) is 65.5 cm³/mol. The van der Waals surface area contributed by atoms with Crippen LogP contribution in [0, 0.1) is 5.92 Å². The molecule has 1 aliphatic rings. The Balaban J connectivity index is 2.07. The Hall–Kier alpha value is -0.410. The lowest BCUT2D eigenvalue weighted by atomic mass is 10.0. The van der Waals surface area contributed by atoms with E-state index in [1.54, 1.807) is 0 Å².